The van der Waals surface area contributed by atoms with E-state index < -0.39 is 11.7 Å². The van der Waals surface area contributed by atoms with Crippen molar-refractivity contribution in [2.24, 2.45) is 0 Å². The van der Waals surface area contributed by atoms with Crippen LogP contribution in [0.5, 0.6) is 0 Å². The first-order valence-corrected chi connectivity index (χ1v) is 6.78. The Morgan fingerprint density at radius 1 is 1.24 bits per heavy atom. The van der Waals surface area contributed by atoms with Gasteiger partial charge in [-0.15, -0.1) is 0 Å². The lowest BCUT2D eigenvalue weighted by molar-refractivity contribution is -0.137. The predicted molar refractivity (Wildman–Crippen MR) is 70.0 cm³/mol. The Morgan fingerprint density at radius 3 is 2.76 bits per heavy atom. The fraction of sp³-hybridized carbons (Fsp3) is 0.429. The minimum absolute atomic E-state index is 0.0583. The third-order valence-electron chi connectivity index (χ3n) is 3.62. The van der Waals surface area contributed by atoms with Gasteiger partial charge in [0.2, 0.25) is 0 Å². The van der Waals surface area contributed by atoms with Crippen LogP contribution in [-0.2, 0) is 25.7 Å². The third-order valence-corrected chi connectivity index (χ3v) is 3.62. The average Bonchev–Trinajstić information content (AvgIpc) is 2.75. The van der Waals surface area contributed by atoms with E-state index in [1.807, 2.05) is 0 Å². The lowest BCUT2D eigenvalue weighted by Crippen LogP contribution is -2.27. The molecular formula is C14H14F3N3O. The second-order valence-corrected chi connectivity index (χ2v) is 5.16. The average molecular weight is 297 g/mol. The van der Waals surface area contributed by atoms with Crippen LogP contribution < -0.4 is 5.69 Å². The van der Waals surface area contributed by atoms with Crippen LogP contribution in [0, 0.1) is 0 Å². The monoisotopic (exact) mass is 297 g/mol. The first-order valence-electron chi connectivity index (χ1n) is 6.78. The summed E-state index contributed by atoms with van der Waals surface area (Å²) >= 11 is 0. The molecule has 0 radical (unpaired) electrons. The maximum atomic E-state index is 12.7. The predicted octanol–water partition coefficient (Wildman–Crippen LogP) is 2.45. The number of aryl methyl sites for hydroxylation is 1. The number of alkyl halides is 3. The van der Waals surface area contributed by atoms with Gasteiger partial charge in [0, 0.05) is 13.0 Å². The summed E-state index contributed by atoms with van der Waals surface area (Å²) in [6.07, 6.45) is -1.72. The summed E-state index contributed by atoms with van der Waals surface area (Å²) in [7, 11) is 0. The molecule has 0 saturated carbocycles. The molecule has 0 saturated heterocycles. The van der Waals surface area contributed by atoms with Crippen molar-refractivity contribution in [3.63, 3.8) is 0 Å². The highest BCUT2D eigenvalue weighted by Gasteiger charge is 2.30. The minimum Gasteiger partial charge on any atom is -0.279 e. The second kappa shape index (κ2) is 5.05. The van der Waals surface area contributed by atoms with Crippen molar-refractivity contribution in [3.8, 4) is 0 Å². The maximum Gasteiger partial charge on any atom is 0.416 e. The normalized spacial score (nSPS) is 15.0. The Kier molecular flexibility index (Phi) is 3.35. The van der Waals surface area contributed by atoms with Crippen molar-refractivity contribution in [3.05, 3.63) is 51.7 Å². The molecule has 7 heteroatoms. The summed E-state index contributed by atoms with van der Waals surface area (Å²) in [5.41, 5.74) is -0.540. The van der Waals surface area contributed by atoms with Gasteiger partial charge >= 0.3 is 11.9 Å². The van der Waals surface area contributed by atoms with Crippen LogP contribution in [0.4, 0.5) is 13.2 Å². The molecule has 0 N–H and O–H groups in total. The molecule has 0 bridgehead atoms. The summed E-state index contributed by atoms with van der Waals surface area (Å²) in [4.78, 5) is 12.1. The Hall–Kier alpha value is -2.05. The molecule has 1 aliphatic rings. The molecule has 4 nitrogen and oxygen atoms in total. The number of fused-ring (bicyclic) bond motifs is 1. The molecule has 1 aliphatic heterocycles. The molecule has 0 spiro atoms. The summed E-state index contributed by atoms with van der Waals surface area (Å²) in [6.45, 7) is 0.694. The zero-order valence-corrected chi connectivity index (χ0v) is 11.2. The van der Waals surface area contributed by atoms with E-state index in [9.17, 15) is 18.0 Å². The van der Waals surface area contributed by atoms with E-state index in [1.165, 1.54) is 10.7 Å². The van der Waals surface area contributed by atoms with Crippen LogP contribution in [0.15, 0.2) is 29.1 Å². The quantitative estimate of drug-likeness (QED) is 0.854. The lowest BCUT2D eigenvalue weighted by atomic mass is 10.1. The molecule has 1 aromatic carbocycles. The summed E-state index contributed by atoms with van der Waals surface area (Å²) in [6, 6.07) is 4.99. The van der Waals surface area contributed by atoms with Gasteiger partial charge in [-0.2, -0.15) is 18.3 Å². The van der Waals surface area contributed by atoms with E-state index in [-0.39, 0.29) is 12.2 Å². The number of nitrogens with zero attached hydrogens (tertiary/aromatic N) is 3. The number of hydrogen-bond acceptors (Lipinski definition) is 2. The highest BCUT2D eigenvalue weighted by Crippen LogP contribution is 2.29. The molecular weight excluding hydrogens is 283 g/mol. The van der Waals surface area contributed by atoms with Gasteiger partial charge in [-0.25, -0.2) is 9.48 Å². The zero-order valence-electron chi connectivity index (χ0n) is 11.2. The van der Waals surface area contributed by atoms with Crippen molar-refractivity contribution in [2.75, 3.05) is 0 Å². The molecule has 2 aromatic rings. The molecule has 0 fully saturated rings. The second-order valence-electron chi connectivity index (χ2n) is 5.16. The van der Waals surface area contributed by atoms with Crippen molar-refractivity contribution in [2.45, 2.75) is 38.5 Å². The van der Waals surface area contributed by atoms with E-state index in [0.717, 1.165) is 37.2 Å². The number of hydrogen-bond donors (Lipinski definition) is 0. The molecule has 0 aliphatic carbocycles. The Morgan fingerprint density at radius 2 is 2.05 bits per heavy atom. The van der Waals surface area contributed by atoms with Crippen LogP contribution in [-0.4, -0.2) is 14.3 Å². The summed E-state index contributed by atoms with van der Waals surface area (Å²) in [5, 5.41) is 4.22. The molecule has 0 atom stereocenters. The van der Waals surface area contributed by atoms with Gasteiger partial charge in [0.05, 0.1) is 12.1 Å². The van der Waals surface area contributed by atoms with E-state index in [2.05, 4.69) is 5.10 Å². The van der Waals surface area contributed by atoms with Crippen LogP contribution in [0.25, 0.3) is 0 Å². The molecule has 2 heterocycles. The van der Waals surface area contributed by atoms with Crippen LogP contribution in [0.1, 0.15) is 29.8 Å². The highest BCUT2D eigenvalue weighted by atomic mass is 19.4. The molecule has 21 heavy (non-hydrogen) atoms. The fourth-order valence-corrected chi connectivity index (χ4v) is 2.57. The van der Waals surface area contributed by atoms with E-state index >= 15 is 0 Å². The maximum absolute atomic E-state index is 12.7. The topological polar surface area (TPSA) is 39.8 Å². The third kappa shape index (κ3) is 2.72. The smallest absolute Gasteiger partial charge is 0.279 e. The van der Waals surface area contributed by atoms with Gasteiger partial charge < -0.3 is 0 Å². The van der Waals surface area contributed by atoms with Gasteiger partial charge in [-0.05, 0) is 30.5 Å². The van der Waals surface area contributed by atoms with Crippen LogP contribution >= 0.6 is 0 Å². The molecule has 112 valence electrons. The first-order chi connectivity index (χ1) is 9.95. The number of benzene rings is 1. The van der Waals surface area contributed by atoms with Gasteiger partial charge in [0.1, 0.15) is 5.82 Å². The number of halogens is 3. The Bertz CT molecular complexity index is 715. The summed E-state index contributed by atoms with van der Waals surface area (Å²) < 4.78 is 40.9. The van der Waals surface area contributed by atoms with Crippen LogP contribution in [0.3, 0.4) is 0 Å². The van der Waals surface area contributed by atoms with Gasteiger partial charge in [0.25, 0.3) is 0 Å². The van der Waals surface area contributed by atoms with Crippen LogP contribution in [0.2, 0.25) is 0 Å². The molecule has 0 unspecified atom stereocenters. The van der Waals surface area contributed by atoms with Gasteiger partial charge in [-0.3, -0.25) is 4.57 Å². The fourth-order valence-electron chi connectivity index (χ4n) is 2.57. The van der Waals surface area contributed by atoms with Crippen molar-refractivity contribution in [1.29, 1.82) is 0 Å². The minimum atomic E-state index is -4.38. The van der Waals surface area contributed by atoms with Gasteiger partial charge in [0.15, 0.2) is 0 Å². The SMILES string of the molecule is O=c1n(Cc2cccc(C(F)(F)F)c2)nc2n1CCCC2. The molecule has 3 rings (SSSR count). The molecule has 0 amide bonds. The van der Waals surface area contributed by atoms with E-state index in [0.29, 0.717) is 12.1 Å². The van der Waals surface area contributed by atoms with Crippen molar-refractivity contribution >= 4 is 0 Å². The first kappa shape index (κ1) is 13.9. The standard InChI is InChI=1S/C14H14F3N3O/c15-14(16,17)11-5-3-4-10(8-11)9-20-13(21)19-7-2-1-6-12(19)18-20/h3-5,8H,1-2,6-7,9H2. The largest absolute Gasteiger partial charge is 0.416 e. The van der Waals surface area contributed by atoms with E-state index in [1.54, 1.807) is 10.6 Å². The van der Waals surface area contributed by atoms with E-state index in [4.69, 9.17) is 0 Å². The summed E-state index contributed by atoms with van der Waals surface area (Å²) in [5.74, 6) is 0.721. The van der Waals surface area contributed by atoms with Crippen molar-refractivity contribution < 1.29 is 13.2 Å². The zero-order chi connectivity index (χ0) is 15.0. The van der Waals surface area contributed by atoms with Crippen molar-refractivity contribution in [1.82, 2.24) is 14.3 Å². The Labute approximate surface area is 118 Å². The highest BCUT2D eigenvalue weighted by molar-refractivity contribution is 5.25. The lowest BCUT2D eigenvalue weighted by Gasteiger charge is -2.09. The number of rotatable bonds is 2. The Balaban J connectivity index is 1.91. The number of aromatic nitrogens is 3. The van der Waals surface area contributed by atoms with Gasteiger partial charge in [-0.1, -0.05) is 12.1 Å². The molecule has 1 aromatic heterocycles.